The molecule has 0 heterocycles. The SMILES string of the molecule is COC1(OC)C(=O)C=CC2=C1CCC2. The lowest BCUT2D eigenvalue weighted by Crippen LogP contribution is -2.45. The molecular weight excluding hydrogens is 180 g/mol. The normalized spacial score (nSPS) is 24.3. The van der Waals surface area contributed by atoms with Gasteiger partial charge in [-0.1, -0.05) is 6.08 Å². The highest BCUT2D eigenvalue weighted by molar-refractivity contribution is 6.00. The molecule has 3 nitrogen and oxygen atoms in total. The molecule has 0 aromatic heterocycles. The third-order valence-electron chi connectivity index (χ3n) is 2.99. The minimum absolute atomic E-state index is 0.108. The third kappa shape index (κ3) is 1.09. The predicted molar refractivity (Wildman–Crippen MR) is 51.8 cm³/mol. The van der Waals surface area contributed by atoms with Crippen LogP contribution in [0.3, 0.4) is 0 Å². The zero-order chi connectivity index (χ0) is 10.2. The van der Waals surface area contributed by atoms with E-state index in [0.29, 0.717) is 0 Å². The van der Waals surface area contributed by atoms with Gasteiger partial charge in [0.05, 0.1) is 0 Å². The van der Waals surface area contributed by atoms with Crippen molar-refractivity contribution in [3.63, 3.8) is 0 Å². The number of hydrogen-bond acceptors (Lipinski definition) is 3. The van der Waals surface area contributed by atoms with E-state index in [1.54, 1.807) is 6.08 Å². The molecule has 0 aromatic carbocycles. The van der Waals surface area contributed by atoms with Gasteiger partial charge in [-0.15, -0.1) is 0 Å². The Morgan fingerprint density at radius 1 is 1.21 bits per heavy atom. The molecule has 0 aliphatic heterocycles. The molecule has 2 rings (SSSR count). The molecular formula is C11H14O3. The van der Waals surface area contributed by atoms with E-state index in [4.69, 9.17) is 9.47 Å². The van der Waals surface area contributed by atoms with E-state index in [-0.39, 0.29) is 5.78 Å². The number of methoxy groups -OCH3 is 2. The first-order chi connectivity index (χ1) is 6.74. The van der Waals surface area contributed by atoms with E-state index >= 15 is 0 Å². The molecule has 14 heavy (non-hydrogen) atoms. The molecule has 0 unspecified atom stereocenters. The van der Waals surface area contributed by atoms with E-state index in [9.17, 15) is 4.79 Å². The van der Waals surface area contributed by atoms with Crippen LogP contribution in [0.1, 0.15) is 19.3 Å². The van der Waals surface area contributed by atoms with Crippen LogP contribution in [0.25, 0.3) is 0 Å². The molecule has 0 bridgehead atoms. The summed E-state index contributed by atoms with van der Waals surface area (Å²) in [5.74, 6) is -1.23. The summed E-state index contributed by atoms with van der Waals surface area (Å²) in [4.78, 5) is 11.8. The Morgan fingerprint density at radius 2 is 1.93 bits per heavy atom. The van der Waals surface area contributed by atoms with Crippen molar-refractivity contribution in [2.45, 2.75) is 25.0 Å². The Hall–Kier alpha value is -0.930. The van der Waals surface area contributed by atoms with Gasteiger partial charge in [0.1, 0.15) is 0 Å². The summed E-state index contributed by atoms with van der Waals surface area (Å²) < 4.78 is 10.5. The average molecular weight is 194 g/mol. The minimum Gasteiger partial charge on any atom is -0.343 e. The van der Waals surface area contributed by atoms with Crippen LogP contribution in [-0.4, -0.2) is 25.8 Å². The highest BCUT2D eigenvalue weighted by atomic mass is 16.7. The van der Waals surface area contributed by atoms with E-state index < -0.39 is 5.79 Å². The van der Waals surface area contributed by atoms with Crippen molar-refractivity contribution >= 4 is 5.78 Å². The van der Waals surface area contributed by atoms with Gasteiger partial charge < -0.3 is 9.47 Å². The van der Waals surface area contributed by atoms with Gasteiger partial charge in [-0.3, -0.25) is 4.79 Å². The molecule has 2 aliphatic rings. The number of ketones is 1. The van der Waals surface area contributed by atoms with Gasteiger partial charge in [0.15, 0.2) is 0 Å². The molecule has 0 saturated heterocycles. The summed E-state index contributed by atoms with van der Waals surface area (Å²) in [6, 6.07) is 0. The van der Waals surface area contributed by atoms with E-state index in [1.165, 1.54) is 19.8 Å². The Bertz CT molecular complexity index is 321. The standard InChI is InChI=1S/C11H14O3/c1-13-11(14-2)9-5-3-4-8(9)6-7-10(11)12/h6-7H,3-5H2,1-2H3. The average Bonchev–Trinajstić information content (AvgIpc) is 2.67. The van der Waals surface area contributed by atoms with Gasteiger partial charge in [0.2, 0.25) is 5.78 Å². The van der Waals surface area contributed by atoms with Gasteiger partial charge in [-0.2, -0.15) is 0 Å². The van der Waals surface area contributed by atoms with Gasteiger partial charge >= 0.3 is 0 Å². The van der Waals surface area contributed by atoms with Crippen LogP contribution in [0.15, 0.2) is 23.3 Å². The summed E-state index contributed by atoms with van der Waals surface area (Å²) in [6.45, 7) is 0. The number of carbonyl (C=O) groups is 1. The van der Waals surface area contributed by atoms with Crippen molar-refractivity contribution in [3.8, 4) is 0 Å². The molecule has 3 heteroatoms. The first kappa shape index (κ1) is 9.62. The van der Waals surface area contributed by atoms with Crippen molar-refractivity contribution in [3.05, 3.63) is 23.3 Å². The first-order valence-corrected chi connectivity index (χ1v) is 4.80. The van der Waals surface area contributed by atoms with E-state index in [1.807, 2.05) is 6.08 Å². The van der Waals surface area contributed by atoms with Crippen LogP contribution in [-0.2, 0) is 14.3 Å². The fourth-order valence-corrected chi connectivity index (χ4v) is 2.29. The Morgan fingerprint density at radius 3 is 2.57 bits per heavy atom. The van der Waals surface area contributed by atoms with Crippen molar-refractivity contribution in [1.82, 2.24) is 0 Å². The highest BCUT2D eigenvalue weighted by Crippen LogP contribution is 2.40. The number of allylic oxidation sites excluding steroid dienone is 2. The highest BCUT2D eigenvalue weighted by Gasteiger charge is 2.45. The van der Waals surface area contributed by atoms with Crippen LogP contribution in [0.5, 0.6) is 0 Å². The zero-order valence-corrected chi connectivity index (χ0v) is 8.50. The van der Waals surface area contributed by atoms with E-state index in [0.717, 1.165) is 24.8 Å². The predicted octanol–water partition coefficient (Wildman–Crippen LogP) is 1.59. The Balaban J connectivity index is 2.48. The smallest absolute Gasteiger partial charge is 0.256 e. The fraction of sp³-hybridized carbons (Fsp3) is 0.545. The molecule has 76 valence electrons. The maximum atomic E-state index is 11.8. The maximum absolute atomic E-state index is 11.8. The summed E-state index contributed by atoms with van der Waals surface area (Å²) >= 11 is 0. The van der Waals surface area contributed by atoms with Crippen LogP contribution in [0.4, 0.5) is 0 Å². The quantitative estimate of drug-likeness (QED) is 0.626. The number of ether oxygens (including phenoxy) is 2. The second kappa shape index (κ2) is 3.33. The molecule has 0 spiro atoms. The summed E-state index contributed by atoms with van der Waals surface area (Å²) in [5.41, 5.74) is 2.21. The molecule has 0 amide bonds. The van der Waals surface area contributed by atoms with Crippen LogP contribution in [0.2, 0.25) is 0 Å². The molecule has 0 fully saturated rings. The first-order valence-electron chi connectivity index (χ1n) is 4.80. The molecule has 0 aromatic rings. The lowest BCUT2D eigenvalue weighted by Gasteiger charge is -2.32. The van der Waals surface area contributed by atoms with Gasteiger partial charge in [-0.25, -0.2) is 0 Å². The minimum atomic E-state index is -1.12. The van der Waals surface area contributed by atoms with Crippen LogP contribution < -0.4 is 0 Å². The molecule has 0 saturated carbocycles. The van der Waals surface area contributed by atoms with Gasteiger partial charge in [0, 0.05) is 19.8 Å². The van der Waals surface area contributed by atoms with Crippen molar-refractivity contribution in [2.24, 2.45) is 0 Å². The monoisotopic (exact) mass is 194 g/mol. The van der Waals surface area contributed by atoms with Gasteiger partial charge in [0.25, 0.3) is 5.79 Å². The van der Waals surface area contributed by atoms with Crippen molar-refractivity contribution in [2.75, 3.05) is 14.2 Å². The second-order valence-corrected chi connectivity index (χ2v) is 3.58. The lowest BCUT2D eigenvalue weighted by atomic mass is 9.92. The largest absolute Gasteiger partial charge is 0.343 e. The third-order valence-corrected chi connectivity index (χ3v) is 2.99. The van der Waals surface area contributed by atoms with Crippen LogP contribution in [0, 0.1) is 0 Å². The molecule has 0 atom stereocenters. The Labute approximate surface area is 83.4 Å². The number of rotatable bonds is 2. The number of hydrogen-bond donors (Lipinski definition) is 0. The maximum Gasteiger partial charge on any atom is 0.256 e. The number of carbonyl (C=O) groups excluding carboxylic acids is 1. The summed E-state index contributed by atoms with van der Waals surface area (Å²) in [5, 5.41) is 0. The second-order valence-electron chi connectivity index (χ2n) is 3.58. The molecule has 0 radical (unpaired) electrons. The molecule has 0 N–H and O–H groups in total. The lowest BCUT2D eigenvalue weighted by molar-refractivity contribution is -0.186. The summed E-state index contributed by atoms with van der Waals surface area (Å²) in [6.07, 6.45) is 6.44. The molecule has 2 aliphatic carbocycles. The van der Waals surface area contributed by atoms with E-state index in [2.05, 4.69) is 0 Å². The zero-order valence-electron chi connectivity index (χ0n) is 8.50. The van der Waals surface area contributed by atoms with Crippen molar-refractivity contribution in [1.29, 1.82) is 0 Å². The fourth-order valence-electron chi connectivity index (χ4n) is 2.29. The van der Waals surface area contributed by atoms with Gasteiger partial charge in [-0.05, 0) is 30.9 Å². The summed E-state index contributed by atoms with van der Waals surface area (Å²) in [7, 11) is 3.03. The Kier molecular flexibility index (Phi) is 2.29. The van der Waals surface area contributed by atoms with Crippen molar-refractivity contribution < 1.29 is 14.3 Å². The van der Waals surface area contributed by atoms with Crippen LogP contribution >= 0.6 is 0 Å². The topological polar surface area (TPSA) is 35.5 Å².